The number of amides is 1. The molecule has 2 heterocycles. The van der Waals surface area contributed by atoms with Crippen molar-refractivity contribution in [1.29, 1.82) is 0 Å². The monoisotopic (exact) mass is 353 g/mol. The second kappa shape index (κ2) is 8.87. The highest BCUT2D eigenvalue weighted by Crippen LogP contribution is 2.18. The van der Waals surface area contributed by atoms with Crippen molar-refractivity contribution in [3.63, 3.8) is 0 Å². The molecule has 0 bridgehead atoms. The zero-order valence-corrected chi connectivity index (χ0v) is 14.6. The minimum atomic E-state index is -0.0314. The van der Waals surface area contributed by atoms with Crippen LogP contribution in [0.5, 0.6) is 0 Å². The molecule has 4 nitrogen and oxygen atoms in total. The molecule has 0 saturated heterocycles. The van der Waals surface area contributed by atoms with Crippen LogP contribution in [0, 0.1) is 6.92 Å². The van der Waals surface area contributed by atoms with Crippen LogP contribution in [0.3, 0.4) is 0 Å². The number of carbonyl (C=O) groups is 1. The van der Waals surface area contributed by atoms with Crippen LogP contribution in [0.1, 0.15) is 22.5 Å². The molecule has 124 valence electrons. The number of halogens is 2. The molecule has 23 heavy (non-hydrogen) atoms. The minimum absolute atomic E-state index is 0. The minimum Gasteiger partial charge on any atom is -0.348 e. The zero-order chi connectivity index (χ0) is 14.7. The van der Waals surface area contributed by atoms with Crippen molar-refractivity contribution in [1.82, 2.24) is 15.6 Å². The van der Waals surface area contributed by atoms with Gasteiger partial charge in [0, 0.05) is 24.2 Å². The number of para-hydroxylation sites is 1. The lowest BCUT2D eigenvalue weighted by Gasteiger charge is -2.15. The van der Waals surface area contributed by atoms with E-state index in [2.05, 4.69) is 21.7 Å². The number of pyridine rings is 1. The summed E-state index contributed by atoms with van der Waals surface area (Å²) in [7, 11) is 0. The molecule has 3 rings (SSSR count). The molecule has 1 aromatic heterocycles. The van der Waals surface area contributed by atoms with Gasteiger partial charge in [-0.1, -0.05) is 29.8 Å². The highest BCUT2D eigenvalue weighted by molar-refractivity contribution is 6.06. The van der Waals surface area contributed by atoms with E-state index in [1.54, 1.807) is 0 Å². The summed E-state index contributed by atoms with van der Waals surface area (Å²) in [6, 6.07) is 9.62. The van der Waals surface area contributed by atoms with E-state index < -0.39 is 0 Å². The van der Waals surface area contributed by atoms with Gasteiger partial charge in [0.2, 0.25) is 0 Å². The highest BCUT2D eigenvalue weighted by Gasteiger charge is 2.12. The summed E-state index contributed by atoms with van der Waals surface area (Å²) < 4.78 is 0. The molecule has 1 aliphatic heterocycles. The van der Waals surface area contributed by atoms with Gasteiger partial charge in [0.1, 0.15) is 0 Å². The first-order chi connectivity index (χ1) is 10.2. The van der Waals surface area contributed by atoms with Crippen molar-refractivity contribution < 1.29 is 4.79 Å². The molecular weight excluding hydrogens is 333 g/mol. The van der Waals surface area contributed by atoms with Gasteiger partial charge in [0.15, 0.2) is 0 Å². The molecule has 1 amide bonds. The van der Waals surface area contributed by atoms with Crippen LogP contribution in [-0.4, -0.2) is 30.5 Å². The Morgan fingerprint density at radius 2 is 2.09 bits per heavy atom. The van der Waals surface area contributed by atoms with Gasteiger partial charge < -0.3 is 10.6 Å². The molecule has 1 aromatic carbocycles. The first-order valence-electron chi connectivity index (χ1n) is 7.27. The SMILES string of the molecule is Cc1cc(C(=O)NCC2=CCNCC2)c2ccccc2n1.Cl.Cl. The summed E-state index contributed by atoms with van der Waals surface area (Å²) in [5, 5.41) is 7.20. The Labute approximate surface area is 148 Å². The average molecular weight is 354 g/mol. The Hall–Kier alpha value is -1.62. The van der Waals surface area contributed by atoms with Crippen molar-refractivity contribution in [3.05, 3.63) is 53.2 Å². The van der Waals surface area contributed by atoms with Crippen molar-refractivity contribution in [3.8, 4) is 0 Å². The summed E-state index contributed by atoms with van der Waals surface area (Å²) in [6.45, 7) is 4.41. The molecule has 0 radical (unpaired) electrons. The van der Waals surface area contributed by atoms with Gasteiger partial charge in [-0.3, -0.25) is 9.78 Å². The first kappa shape index (κ1) is 19.4. The molecule has 2 N–H and O–H groups in total. The van der Waals surface area contributed by atoms with Crippen molar-refractivity contribution in [2.45, 2.75) is 13.3 Å². The molecule has 0 atom stereocenters. The second-order valence-corrected chi connectivity index (χ2v) is 5.33. The fourth-order valence-corrected chi connectivity index (χ4v) is 2.61. The maximum absolute atomic E-state index is 12.5. The number of aromatic nitrogens is 1. The van der Waals surface area contributed by atoms with Crippen LogP contribution in [0.2, 0.25) is 0 Å². The molecular formula is C17H21Cl2N3O. The fourth-order valence-electron chi connectivity index (χ4n) is 2.61. The number of rotatable bonds is 3. The fraction of sp³-hybridized carbons (Fsp3) is 0.294. The van der Waals surface area contributed by atoms with Gasteiger partial charge in [-0.25, -0.2) is 0 Å². The van der Waals surface area contributed by atoms with E-state index >= 15 is 0 Å². The quantitative estimate of drug-likeness (QED) is 0.833. The lowest BCUT2D eigenvalue weighted by molar-refractivity contribution is 0.0958. The van der Waals surface area contributed by atoms with Gasteiger partial charge in [0.25, 0.3) is 5.91 Å². The van der Waals surface area contributed by atoms with Crippen LogP contribution in [0.15, 0.2) is 42.0 Å². The number of nitrogens with one attached hydrogen (secondary N) is 2. The first-order valence-corrected chi connectivity index (χ1v) is 7.27. The summed E-state index contributed by atoms with van der Waals surface area (Å²) in [6.07, 6.45) is 3.15. The lowest BCUT2D eigenvalue weighted by Crippen LogP contribution is -2.29. The number of fused-ring (bicyclic) bond motifs is 1. The van der Waals surface area contributed by atoms with Crippen molar-refractivity contribution in [2.75, 3.05) is 19.6 Å². The molecule has 1 aliphatic rings. The van der Waals surface area contributed by atoms with Gasteiger partial charge in [-0.15, -0.1) is 24.8 Å². The summed E-state index contributed by atoms with van der Waals surface area (Å²) in [5.41, 5.74) is 3.72. The molecule has 0 unspecified atom stereocenters. The van der Waals surface area contributed by atoms with Crippen LogP contribution >= 0.6 is 24.8 Å². The Kier molecular flexibility index (Phi) is 7.49. The van der Waals surface area contributed by atoms with Gasteiger partial charge >= 0.3 is 0 Å². The predicted molar refractivity (Wildman–Crippen MR) is 98.9 cm³/mol. The topological polar surface area (TPSA) is 54.0 Å². The van der Waals surface area contributed by atoms with Crippen LogP contribution in [-0.2, 0) is 0 Å². The third kappa shape index (κ3) is 4.67. The Balaban J connectivity index is 0.00000132. The molecule has 0 fully saturated rings. The molecule has 0 saturated carbocycles. The van der Waals surface area contributed by atoms with E-state index in [-0.39, 0.29) is 30.7 Å². The Bertz CT molecular complexity index is 716. The van der Waals surface area contributed by atoms with Gasteiger partial charge in [-0.05, 0) is 32.0 Å². The Morgan fingerprint density at radius 1 is 1.30 bits per heavy atom. The lowest BCUT2D eigenvalue weighted by atomic mass is 10.1. The maximum Gasteiger partial charge on any atom is 0.252 e. The number of aryl methyl sites for hydroxylation is 1. The summed E-state index contributed by atoms with van der Waals surface area (Å²) in [5.74, 6) is -0.0314. The van der Waals surface area contributed by atoms with Crippen molar-refractivity contribution in [2.24, 2.45) is 0 Å². The summed E-state index contributed by atoms with van der Waals surface area (Å²) in [4.78, 5) is 16.9. The molecule has 0 aliphatic carbocycles. The molecule has 0 spiro atoms. The standard InChI is InChI=1S/C17H19N3O.2ClH/c1-12-10-15(14-4-2-3-5-16(14)20-12)17(21)19-11-13-6-8-18-9-7-13;;/h2-6,10,18H,7-9,11H2,1H3,(H,19,21);2*1H. The predicted octanol–water partition coefficient (Wildman–Crippen LogP) is 3.04. The van der Waals surface area contributed by atoms with Gasteiger partial charge in [-0.2, -0.15) is 0 Å². The number of hydrogen-bond acceptors (Lipinski definition) is 3. The maximum atomic E-state index is 12.5. The van der Waals surface area contributed by atoms with Gasteiger partial charge in [0.05, 0.1) is 11.1 Å². The summed E-state index contributed by atoms with van der Waals surface area (Å²) >= 11 is 0. The zero-order valence-electron chi connectivity index (χ0n) is 13.0. The van der Waals surface area contributed by atoms with Crippen LogP contribution in [0.4, 0.5) is 0 Å². The van der Waals surface area contributed by atoms with E-state index in [1.165, 1.54) is 5.57 Å². The van der Waals surface area contributed by atoms with E-state index in [1.807, 2.05) is 37.3 Å². The largest absolute Gasteiger partial charge is 0.348 e. The average Bonchev–Trinajstić information content (AvgIpc) is 2.52. The van der Waals surface area contributed by atoms with E-state index in [4.69, 9.17) is 0 Å². The van der Waals surface area contributed by atoms with E-state index in [0.29, 0.717) is 12.1 Å². The van der Waals surface area contributed by atoms with E-state index in [9.17, 15) is 4.79 Å². The molecule has 6 heteroatoms. The van der Waals surface area contributed by atoms with Crippen LogP contribution in [0.25, 0.3) is 10.9 Å². The second-order valence-electron chi connectivity index (χ2n) is 5.33. The third-order valence-electron chi connectivity index (χ3n) is 3.72. The Morgan fingerprint density at radius 3 is 2.83 bits per heavy atom. The molecule has 2 aromatic rings. The number of nitrogens with zero attached hydrogens (tertiary/aromatic N) is 1. The van der Waals surface area contributed by atoms with E-state index in [0.717, 1.165) is 36.1 Å². The normalized spacial score (nSPS) is 13.5. The number of carbonyl (C=O) groups excluding carboxylic acids is 1. The number of hydrogen-bond donors (Lipinski definition) is 2. The third-order valence-corrected chi connectivity index (χ3v) is 3.72. The highest BCUT2D eigenvalue weighted by atomic mass is 35.5. The van der Waals surface area contributed by atoms with Crippen LogP contribution < -0.4 is 10.6 Å². The number of benzene rings is 1. The smallest absolute Gasteiger partial charge is 0.252 e. The van der Waals surface area contributed by atoms with Crippen molar-refractivity contribution >= 4 is 41.6 Å².